The van der Waals surface area contributed by atoms with Gasteiger partial charge in [-0.15, -0.1) is 0 Å². The Labute approximate surface area is 140 Å². The Balaban J connectivity index is 2.56. The molecule has 1 atom stereocenters. The van der Waals surface area contributed by atoms with E-state index in [-0.39, 0.29) is 5.56 Å². The summed E-state index contributed by atoms with van der Waals surface area (Å²) in [4.78, 5) is 0. The SMILES string of the molecule is CC(O)(CC1(F)C(F)(F)C(F)(F)C(F)(F)C1(F)F)c1ccc(C#N)cc1. The zero-order valence-electron chi connectivity index (χ0n) is 12.8. The predicted octanol–water partition coefficient (Wildman–Crippen LogP) is 4.42. The maximum atomic E-state index is 14.5. The molecule has 0 heterocycles. The zero-order chi connectivity index (χ0) is 20.4. The fraction of sp³-hybridized carbons (Fsp3) is 0.533. The van der Waals surface area contributed by atoms with E-state index >= 15 is 0 Å². The van der Waals surface area contributed by atoms with Gasteiger partial charge in [-0.2, -0.15) is 40.4 Å². The third-order valence-electron chi connectivity index (χ3n) is 4.40. The molecule has 1 aliphatic rings. The second kappa shape index (κ2) is 5.28. The molecule has 2 rings (SSSR count). The maximum Gasteiger partial charge on any atom is 0.381 e. The number of rotatable bonds is 3. The number of hydrogen-bond donors (Lipinski definition) is 1. The first kappa shape index (κ1) is 20.4. The molecular weight excluding hydrogens is 381 g/mol. The van der Waals surface area contributed by atoms with Crippen molar-refractivity contribution in [3.8, 4) is 6.07 Å². The Hall–Kier alpha value is -1.96. The predicted molar refractivity (Wildman–Crippen MR) is 69.0 cm³/mol. The van der Waals surface area contributed by atoms with E-state index in [2.05, 4.69) is 0 Å². The van der Waals surface area contributed by atoms with Crippen molar-refractivity contribution in [2.45, 2.75) is 48.3 Å². The van der Waals surface area contributed by atoms with Crippen molar-refractivity contribution in [3.63, 3.8) is 0 Å². The van der Waals surface area contributed by atoms with Crippen LogP contribution in [-0.4, -0.2) is 34.5 Å². The molecule has 0 radical (unpaired) electrons. The Bertz CT molecular complexity index is 723. The van der Waals surface area contributed by atoms with Crippen LogP contribution in [0.2, 0.25) is 0 Å². The first-order valence-corrected chi connectivity index (χ1v) is 6.93. The first-order chi connectivity index (χ1) is 11.5. The van der Waals surface area contributed by atoms with Gasteiger partial charge >= 0.3 is 23.7 Å². The van der Waals surface area contributed by atoms with Crippen molar-refractivity contribution in [2.75, 3.05) is 0 Å². The van der Waals surface area contributed by atoms with Gasteiger partial charge in [0, 0.05) is 6.42 Å². The van der Waals surface area contributed by atoms with Crippen LogP contribution in [0.1, 0.15) is 24.5 Å². The maximum absolute atomic E-state index is 14.5. The van der Waals surface area contributed by atoms with E-state index in [1.165, 1.54) is 0 Å². The summed E-state index contributed by atoms with van der Waals surface area (Å²) < 4.78 is 122. The number of nitriles is 1. The van der Waals surface area contributed by atoms with Gasteiger partial charge in [-0.05, 0) is 24.6 Å². The monoisotopic (exact) mass is 391 g/mol. The summed E-state index contributed by atoms with van der Waals surface area (Å²) in [5, 5.41) is 18.7. The Morgan fingerprint density at radius 3 is 1.58 bits per heavy atom. The summed E-state index contributed by atoms with van der Waals surface area (Å²) in [6.07, 6.45) is -2.45. The third-order valence-corrected chi connectivity index (χ3v) is 4.40. The lowest BCUT2D eigenvalue weighted by molar-refractivity contribution is -0.303. The molecule has 1 unspecified atom stereocenters. The second-order valence-corrected chi connectivity index (χ2v) is 6.24. The molecule has 0 aromatic heterocycles. The van der Waals surface area contributed by atoms with Crippen molar-refractivity contribution < 1.29 is 44.6 Å². The van der Waals surface area contributed by atoms with Crippen molar-refractivity contribution in [1.29, 1.82) is 5.26 Å². The fourth-order valence-electron chi connectivity index (χ4n) is 2.79. The minimum absolute atomic E-state index is 0.00546. The molecule has 144 valence electrons. The Morgan fingerprint density at radius 1 is 0.846 bits per heavy atom. The third kappa shape index (κ3) is 2.17. The van der Waals surface area contributed by atoms with E-state index < -0.39 is 46.9 Å². The molecular formula is C15H10F9NO. The van der Waals surface area contributed by atoms with E-state index in [1.54, 1.807) is 6.07 Å². The molecule has 1 N–H and O–H groups in total. The van der Waals surface area contributed by atoms with Gasteiger partial charge < -0.3 is 5.11 Å². The Morgan fingerprint density at radius 2 is 1.23 bits per heavy atom. The molecule has 0 bridgehead atoms. The van der Waals surface area contributed by atoms with Gasteiger partial charge in [0.15, 0.2) is 0 Å². The molecule has 0 amide bonds. The largest absolute Gasteiger partial charge is 0.385 e. The van der Waals surface area contributed by atoms with Gasteiger partial charge in [-0.1, -0.05) is 12.1 Å². The molecule has 1 saturated carbocycles. The minimum Gasteiger partial charge on any atom is -0.385 e. The van der Waals surface area contributed by atoms with Crippen LogP contribution in [0, 0.1) is 11.3 Å². The lowest BCUT2D eigenvalue weighted by atomic mass is 9.80. The highest BCUT2D eigenvalue weighted by atomic mass is 19.4. The molecule has 1 aliphatic carbocycles. The standard InChI is InChI=1S/C15H10F9NO/c1-10(26,9-4-2-8(6-25)3-5-9)7-11(16)12(17,18)14(21,22)15(23,24)13(11,19)20/h2-5,26H,7H2,1H3. The lowest BCUT2D eigenvalue weighted by Gasteiger charge is -2.36. The van der Waals surface area contributed by atoms with E-state index in [9.17, 15) is 44.6 Å². The van der Waals surface area contributed by atoms with Crippen LogP contribution in [0.25, 0.3) is 0 Å². The fourth-order valence-corrected chi connectivity index (χ4v) is 2.79. The van der Waals surface area contributed by atoms with Crippen LogP contribution in [0.15, 0.2) is 24.3 Å². The molecule has 1 aromatic carbocycles. The van der Waals surface area contributed by atoms with Gasteiger partial charge in [-0.25, -0.2) is 4.39 Å². The highest BCUT2D eigenvalue weighted by molar-refractivity contribution is 5.35. The molecule has 26 heavy (non-hydrogen) atoms. The van der Waals surface area contributed by atoms with Crippen LogP contribution in [0.4, 0.5) is 39.5 Å². The second-order valence-electron chi connectivity index (χ2n) is 6.24. The van der Waals surface area contributed by atoms with Gasteiger partial charge in [0.1, 0.15) is 0 Å². The van der Waals surface area contributed by atoms with Gasteiger partial charge in [0.25, 0.3) is 5.67 Å². The van der Waals surface area contributed by atoms with Crippen LogP contribution >= 0.6 is 0 Å². The summed E-state index contributed by atoms with van der Waals surface area (Å²) in [5.41, 5.74) is -9.22. The van der Waals surface area contributed by atoms with Crippen LogP contribution in [-0.2, 0) is 5.60 Å². The molecule has 11 heteroatoms. The lowest BCUT2D eigenvalue weighted by Crippen LogP contribution is -2.57. The molecule has 1 aromatic rings. The number of hydrogen-bond acceptors (Lipinski definition) is 2. The number of benzene rings is 1. The van der Waals surface area contributed by atoms with E-state index in [0.717, 1.165) is 24.3 Å². The van der Waals surface area contributed by atoms with Crippen LogP contribution in [0.3, 0.4) is 0 Å². The van der Waals surface area contributed by atoms with E-state index in [4.69, 9.17) is 5.26 Å². The summed E-state index contributed by atoms with van der Waals surface area (Å²) in [6, 6.07) is 5.37. The average molecular weight is 391 g/mol. The summed E-state index contributed by atoms with van der Waals surface area (Å²) in [7, 11) is 0. The summed E-state index contributed by atoms with van der Waals surface area (Å²) >= 11 is 0. The average Bonchev–Trinajstić information content (AvgIpc) is 2.57. The number of alkyl halides is 9. The first-order valence-electron chi connectivity index (χ1n) is 6.93. The normalized spacial score (nSPS) is 26.7. The van der Waals surface area contributed by atoms with Crippen molar-refractivity contribution in [1.82, 2.24) is 0 Å². The van der Waals surface area contributed by atoms with Gasteiger partial charge in [0.05, 0.1) is 17.2 Å². The van der Waals surface area contributed by atoms with Gasteiger partial charge in [-0.3, -0.25) is 0 Å². The quantitative estimate of drug-likeness (QED) is 0.776. The number of nitrogens with zero attached hydrogens (tertiary/aromatic N) is 1. The zero-order valence-corrected chi connectivity index (χ0v) is 12.8. The van der Waals surface area contributed by atoms with Crippen molar-refractivity contribution >= 4 is 0 Å². The smallest absolute Gasteiger partial charge is 0.381 e. The van der Waals surface area contributed by atoms with E-state index in [1.807, 2.05) is 0 Å². The number of aliphatic hydroxyl groups is 1. The number of halogens is 9. The Kier molecular flexibility index (Phi) is 4.13. The molecule has 0 spiro atoms. The van der Waals surface area contributed by atoms with Crippen LogP contribution in [0.5, 0.6) is 0 Å². The van der Waals surface area contributed by atoms with Crippen molar-refractivity contribution in [3.05, 3.63) is 35.4 Å². The minimum atomic E-state index is -6.68. The van der Waals surface area contributed by atoms with Crippen molar-refractivity contribution in [2.24, 2.45) is 0 Å². The van der Waals surface area contributed by atoms with Gasteiger partial charge in [0.2, 0.25) is 0 Å². The summed E-state index contributed by atoms with van der Waals surface area (Å²) in [6.45, 7) is 0.524. The molecule has 1 fully saturated rings. The molecule has 0 saturated heterocycles. The highest BCUT2D eigenvalue weighted by Crippen LogP contribution is 2.70. The van der Waals surface area contributed by atoms with E-state index in [0.29, 0.717) is 6.92 Å². The molecule has 2 nitrogen and oxygen atoms in total. The van der Waals surface area contributed by atoms with Crippen LogP contribution < -0.4 is 0 Å². The highest BCUT2D eigenvalue weighted by Gasteiger charge is 3.00. The molecule has 0 aliphatic heterocycles. The topological polar surface area (TPSA) is 44.0 Å². The summed E-state index contributed by atoms with van der Waals surface area (Å²) in [5.74, 6) is -26.3.